The molecule has 45 heavy (non-hydrogen) atoms. The molecule has 2 amide bonds. The van der Waals surface area contributed by atoms with Gasteiger partial charge in [0.2, 0.25) is 11.1 Å². The average Bonchev–Trinajstić information content (AvgIpc) is 3.79. The number of nitrogens with zero attached hydrogens (tertiary/aromatic N) is 4. The van der Waals surface area contributed by atoms with Crippen LogP contribution in [0.2, 0.25) is 0 Å². The molecule has 1 aromatic rings. The molecule has 7 N–H and O–H groups in total. The maximum atomic E-state index is 13.5. The highest BCUT2D eigenvalue weighted by molar-refractivity contribution is 8.01. The lowest BCUT2D eigenvalue weighted by Crippen LogP contribution is -3.11. The highest BCUT2D eigenvalue weighted by atomic mass is 32.2. The van der Waals surface area contributed by atoms with E-state index in [1.54, 1.807) is 0 Å². The summed E-state index contributed by atoms with van der Waals surface area (Å²) in [5.74, 6) is -3.00. The summed E-state index contributed by atoms with van der Waals surface area (Å²) in [6, 6.07) is -1.07. The maximum Gasteiger partial charge on any atom is 0.350 e. The number of rotatable bonds is 10. The van der Waals surface area contributed by atoms with Crippen LogP contribution < -0.4 is 26.8 Å². The quantitative estimate of drug-likeness (QED) is 0.109. The van der Waals surface area contributed by atoms with E-state index in [1.807, 2.05) is 7.05 Å². The van der Waals surface area contributed by atoms with Crippen molar-refractivity contribution < 1.29 is 39.1 Å². The number of fused-ring (bicyclic) bond motifs is 1. The van der Waals surface area contributed by atoms with E-state index in [-0.39, 0.29) is 40.6 Å². The molecule has 1 aromatic heterocycles. The van der Waals surface area contributed by atoms with Crippen molar-refractivity contribution >= 4 is 75.3 Å². The number of oxime groups is 1. The fourth-order valence-corrected chi connectivity index (χ4v) is 9.47. The van der Waals surface area contributed by atoms with Crippen LogP contribution in [0.4, 0.5) is 5.13 Å². The van der Waals surface area contributed by atoms with E-state index in [0.29, 0.717) is 35.8 Å². The predicted molar refractivity (Wildman–Crippen MR) is 166 cm³/mol. The van der Waals surface area contributed by atoms with Crippen molar-refractivity contribution in [2.45, 2.75) is 67.5 Å². The number of nitrogens with one attached hydrogen (secondary N) is 2. The molecule has 3 aliphatic heterocycles. The first-order chi connectivity index (χ1) is 21.5. The zero-order chi connectivity index (χ0) is 32.0. The highest BCUT2D eigenvalue weighted by Crippen LogP contribution is 2.41. The van der Waals surface area contributed by atoms with Crippen molar-refractivity contribution in [1.29, 1.82) is 0 Å². The monoisotopic (exact) mass is 676 g/mol. The van der Waals surface area contributed by atoms with E-state index in [1.165, 1.54) is 34.6 Å². The third-order valence-electron chi connectivity index (χ3n) is 8.66. The van der Waals surface area contributed by atoms with Gasteiger partial charge >= 0.3 is 5.97 Å². The Labute approximate surface area is 270 Å². The molecule has 0 bridgehead atoms. The number of aliphatic imine (C=N–C) groups is 1. The summed E-state index contributed by atoms with van der Waals surface area (Å²) in [7, 11) is 2.03. The van der Waals surface area contributed by atoms with Crippen molar-refractivity contribution in [2.75, 3.05) is 24.3 Å². The largest absolute Gasteiger partial charge is 0.543 e. The summed E-state index contributed by atoms with van der Waals surface area (Å²) >= 11 is 3.82. The molecule has 0 radical (unpaired) electrons. The van der Waals surface area contributed by atoms with E-state index in [0.717, 1.165) is 46.0 Å². The number of carboxylic acids is 2. The van der Waals surface area contributed by atoms with Gasteiger partial charge in [0.1, 0.15) is 28.6 Å². The minimum absolute atomic E-state index is 0.0571. The van der Waals surface area contributed by atoms with Crippen LogP contribution in [-0.2, 0) is 24.0 Å². The molecular formula is C27H32N8O7S3. The van der Waals surface area contributed by atoms with Crippen LogP contribution in [0.5, 0.6) is 0 Å². The molecule has 0 aromatic carbocycles. The molecule has 6 rings (SSSR count). The minimum Gasteiger partial charge on any atom is -0.543 e. The number of allylic oxidation sites excluding steroid dienone is 1. The SMILES string of the molecule is C[NH+]1C2=C(CCC2)C(N)=NC1SCC1=C(C(=O)[O-])N2C(=O)C(NC(=O)/C(=N\OC3(C(=O)O)CCCC3)c3csc(N)n3)[C@H]2SC1. The van der Waals surface area contributed by atoms with Gasteiger partial charge in [0.15, 0.2) is 10.8 Å². The summed E-state index contributed by atoms with van der Waals surface area (Å²) in [5.41, 5.74) is 12.5. The van der Waals surface area contributed by atoms with Crippen LogP contribution in [0, 0.1) is 0 Å². The summed E-state index contributed by atoms with van der Waals surface area (Å²) in [5, 5.41) is 29.5. The Morgan fingerprint density at radius 1 is 1.29 bits per heavy atom. The van der Waals surface area contributed by atoms with Crippen molar-refractivity contribution in [3.63, 3.8) is 0 Å². The standard InChI is InChI=1S/C27H32N8O7S3/c1-34-15-6-4-5-13(15)19(28)32-26(34)45-10-12-9-43-22-17(21(37)35(22)18(12)23(38)39)31-20(36)16(14-11-44-25(29)30-14)33-42-27(24(40)41)7-2-3-8-27/h11,17,22,26H,2-10H2,1H3,(H2,28,32)(H2,29,30)(H,31,36)(H,38,39)(H,40,41)/b33-16-/t17?,22-,26?/m1/s1. The third-order valence-corrected chi connectivity index (χ3v) is 12.0. The Hall–Kier alpha value is -3.61. The van der Waals surface area contributed by atoms with Gasteiger partial charge in [-0.2, -0.15) is 4.99 Å². The Morgan fingerprint density at radius 3 is 2.71 bits per heavy atom. The van der Waals surface area contributed by atoms with Gasteiger partial charge in [0.05, 0.1) is 24.3 Å². The number of nitrogen functional groups attached to an aromatic ring is 1. The normalized spacial score (nSPS) is 27.5. The third kappa shape index (κ3) is 5.68. The van der Waals surface area contributed by atoms with E-state index in [9.17, 15) is 29.4 Å². The zero-order valence-electron chi connectivity index (χ0n) is 24.2. The van der Waals surface area contributed by atoms with Crippen LogP contribution in [0.1, 0.15) is 50.6 Å². The van der Waals surface area contributed by atoms with E-state index < -0.39 is 40.8 Å². The van der Waals surface area contributed by atoms with Gasteiger partial charge in [-0.1, -0.05) is 16.9 Å². The number of aromatic nitrogens is 1. The number of thiazole rings is 1. The Kier molecular flexibility index (Phi) is 8.57. The number of β-lactam (4-membered cyclic amide) rings is 1. The van der Waals surface area contributed by atoms with Gasteiger partial charge in [-0.05, 0) is 31.3 Å². The number of aliphatic carboxylic acids is 2. The molecule has 3 unspecified atom stereocenters. The molecule has 5 aliphatic rings. The molecule has 1 saturated carbocycles. The number of quaternary nitrogens is 1. The molecule has 240 valence electrons. The van der Waals surface area contributed by atoms with Crippen molar-refractivity contribution in [3.8, 4) is 0 Å². The number of hydrogen-bond acceptors (Lipinski definition) is 14. The van der Waals surface area contributed by atoms with E-state index in [4.69, 9.17) is 16.3 Å². The summed E-state index contributed by atoms with van der Waals surface area (Å²) in [6.07, 6.45) is 4.60. The van der Waals surface area contributed by atoms with Crippen molar-refractivity contribution in [2.24, 2.45) is 15.9 Å². The lowest BCUT2D eigenvalue weighted by molar-refractivity contribution is -0.851. The van der Waals surface area contributed by atoms with Gasteiger partial charge in [0, 0.05) is 36.1 Å². The molecule has 1 saturated heterocycles. The Balaban J connectivity index is 1.17. The number of amides is 2. The number of carbonyl (C=O) groups excluding carboxylic acids is 3. The van der Waals surface area contributed by atoms with Gasteiger partial charge in [0.25, 0.3) is 11.8 Å². The molecule has 2 fully saturated rings. The first-order valence-electron chi connectivity index (χ1n) is 14.4. The molecule has 2 aliphatic carbocycles. The van der Waals surface area contributed by atoms with Crippen LogP contribution in [-0.4, -0.2) is 91.4 Å². The number of hydrogen-bond donors (Lipinski definition) is 5. The van der Waals surface area contributed by atoms with Gasteiger partial charge in [-0.25, -0.2) is 9.78 Å². The molecule has 4 heterocycles. The van der Waals surface area contributed by atoms with Gasteiger partial charge in [-0.15, -0.1) is 23.1 Å². The second-order valence-electron chi connectivity index (χ2n) is 11.4. The number of carbonyl (C=O) groups is 4. The molecule has 15 nitrogen and oxygen atoms in total. The summed E-state index contributed by atoms with van der Waals surface area (Å²) in [4.78, 5) is 67.5. The number of amidine groups is 1. The van der Waals surface area contributed by atoms with Crippen molar-refractivity contribution in [3.05, 3.63) is 33.6 Å². The summed E-state index contributed by atoms with van der Waals surface area (Å²) in [6.45, 7) is 0. The fourth-order valence-electron chi connectivity index (χ4n) is 6.27. The summed E-state index contributed by atoms with van der Waals surface area (Å²) < 4.78 is 0. The maximum absolute atomic E-state index is 13.5. The van der Waals surface area contributed by atoms with Crippen LogP contribution in [0.25, 0.3) is 0 Å². The number of anilines is 1. The lowest BCUT2D eigenvalue weighted by Gasteiger charge is -2.50. The van der Waals surface area contributed by atoms with Gasteiger partial charge < -0.3 is 36.6 Å². The Bertz CT molecular complexity index is 1580. The van der Waals surface area contributed by atoms with Crippen LogP contribution in [0.3, 0.4) is 0 Å². The minimum atomic E-state index is -1.57. The predicted octanol–water partition coefficient (Wildman–Crippen LogP) is -1.41. The van der Waals surface area contributed by atoms with Gasteiger partial charge in [-0.3, -0.25) is 19.4 Å². The van der Waals surface area contributed by atoms with E-state index >= 15 is 0 Å². The molecular weight excluding hydrogens is 645 g/mol. The number of carboxylic acid groups (broad SMARTS) is 2. The van der Waals surface area contributed by atoms with Crippen molar-refractivity contribution in [1.82, 2.24) is 15.2 Å². The number of thioether (sulfide) groups is 2. The average molecular weight is 677 g/mol. The number of nitrogens with two attached hydrogens (primary N) is 2. The smallest absolute Gasteiger partial charge is 0.350 e. The van der Waals surface area contributed by atoms with Crippen LogP contribution >= 0.6 is 34.9 Å². The topological polar surface area (TPSA) is 230 Å². The second-order valence-corrected chi connectivity index (χ2v) is 14.4. The molecule has 18 heteroatoms. The van der Waals surface area contributed by atoms with Crippen LogP contribution in [0.15, 0.2) is 38.1 Å². The molecule has 0 spiro atoms. The first kappa shape index (κ1) is 31.4. The second kappa shape index (κ2) is 12.3. The Morgan fingerprint density at radius 2 is 2.04 bits per heavy atom. The fraction of sp³-hybridized carbons (Fsp3) is 0.519. The molecule has 4 atom stereocenters. The highest BCUT2D eigenvalue weighted by Gasteiger charge is 2.53. The first-order valence-corrected chi connectivity index (χ1v) is 17.4. The lowest BCUT2D eigenvalue weighted by atomic mass is 10.0. The zero-order valence-corrected chi connectivity index (χ0v) is 26.7. The van der Waals surface area contributed by atoms with E-state index in [2.05, 4.69) is 20.4 Å².